The van der Waals surface area contributed by atoms with Gasteiger partial charge in [0.15, 0.2) is 0 Å². The zero-order valence-electron chi connectivity index (χ0n) is 16.3. The fourth-order valence-electron chi connectivity index (χ4n) is 3.51. The van der Waals surface area contributed by atoms with Crippen LogP contribution in [0.3, 0.4) is 0 Å². The third-order valence-corrected chi connectivity index (χ3v) is 5.12. The van der Waals surface area contributed by atoms with Gasteiger partial charge in [0.05, 0.1) is 6.54 Å². The van der Waals surface area contributed by atoms with E-state index in [-0.39, 0.29) is 12.4 Å². The van der Waals surface area contributed by atoms with Gasteiger partial charge in [0.2, 0.25) is 6.34 Å². The molecule has 1 aliphatic rings. The number of nitrogens with zero attached hydrogens (tertiary/aromatic N) is 1. The predicted molar refractivity (Wildman–Crippen MR) is 104 cm³/mol. The van der Waals surface area contributed by atoms with Gasteiger partial charge in [0, 0.05) is 0 Å². The van der Waals surface area contributed by atoms with Gasteiger partial charge in [-0.3, -0.25) is 9.89 Å². The molecule has 0 spiro atoms. The molecule has 24 heavy (non-hydrogen) atoms. The molecule has 0 saturated carbocycles. The van der Waals surface area contributed by atoms with Crippen LogP contribution >= 0.6 is 0 Å². The maximum Gasteiger partial charge on any atom is 0.232 e. The van der Waals surface area contributed by atoms with E-state index >= 15 is 0 Å². The van der Waals surface area contributed by atoms with Crippen LogP contribution in [0, 0.1) is 0 Å². The van der Waals surface area contributed by atoms with Crippen LogP contribution in [0.5, 0.6) is 0 Å². The van der Waals surface area contributed by atoms with Gasteiger partial charge < -0.3 is 12.4 Å². The molecule has 1 aliphatic heterocycles. The van der Waals surface area contributed by atoms with Crippen molar-refractivity contribution in [1.82, 2.24) is 5.32 Å². The topological polar surface area (TPSA) is 15.0 Å². The van der Waals surface area contributed by atoms with Crippen molar-refractivity contribution in [3.8, 4) is 0 Å². The average molecular weight is 359 g/mol. The van der Waals surface area contributed by atoms with Crippen molar-refractivity contribution in [2.45, 2.75) is 110 Å². The Morgan fingerprint density at radius 3 is 1.46 bits per heavy atom. The Hall–Kier alpha value is -0.240. The van der Waals surface area contributed by atoms with Crippen LogP contribution in [0.25, 0.3) is 0 Å². The molecule has 0 saturated heterocycles. The first-order chi connectivity index (χ1) is 11.4. The molecule has 0 fully saturated rings. The summed E-state index contributed by atoms with van der Waals surface area (Å²) in [6.45, 7) is 5.90. The minimum absolute atomic E-state index is 0. The minimum Gasteiger partial charge on any atom is -1.00 e. The van der Waals surface area contributed by atoms with Crippen LogP contribution in [0.15, 0.2) is 0 Å². The highest BCUT2D eigenvalue weighted by Crippen LogP contribution is 2.13. The first-order valence-corrected chi connectivity index (χ1v) is 10.7. The van der Waals surface area contributed by atoms with Gasteiger partial charge in [-0.25, -0.2) is 0 Å². The van der Waals surface area contributed by atoms with E-state index in [1.54, 1.807) is 0 Å². The van der Waals surface area contributed by atoms with Gasteiger partial charge in [-0.15, -0.1) is 0 Å². The van der Waals surface area contributed by atoms with Crippen LogP contribution in [0.2, 0.25) is 0 Å². The maximum atomic E-state index is 3.28. The van der Waals surface area contributed by atoms with Crippen molar-refractivity contribution in [2.24, 2.45) is 0 Å². The van der Waals surface area contributed by atoms with Crippen molar-refractivity contribution in [3.63, 3.8) is 0 Å². The highest BCUT2D eigenvalue weighted by atomic mass is 35.5. The summed E-state index contributed by atoms with van der Waals surface area (Å²) in [4.78, 5) is 0. The van der Waals surface area contributed by atoms with E-state index in [9.17, 15) is 0 Å². The predicted octanol–water partition coefficient (Wildman–Crippen LogP) is 2.90. The Bertz CT molecular complexity index is 279. The van der Waals surface area contributed by atoms with Crippen LogP contribution in [-0.4, -0.2) is 30.5 Å². The smallest absolute Gasteiger partial charge is 0.232 e. The molecule has 0 amide bonds. The van der Waals surface area contributed by atoms with Gasteiger partial charge in [-0.2, -0.15) is 0 Å². The SMILES string of the molecule is CCCCCCCCCCCCCCCCCC[N+]1=CNCC1.[Cl-]. The van der Waals surface area contributed by atoms with Crippen LogP contribution in [-0.2, 0) is 0 Å². The summed E-state index contributed by atoms with van der Waals surface area (Å²) in [6, 6.07) is 0. The third-order valence-electron chi connectivity index (χ3n) is 5.12. The van der Waals surface area contributed by atoms with E-state index in [0.29, 0.717) is 0 Å². The molecular formula is C21H43ClN2. The molecule has 1 heterocycles. The molecule has 0 aromatic heterocycles. The molecule has 0 atom stereocenters. The molecule has 1 N–H and O–H groups in total. The van der Waals surface area contributed by atoms with E-state index in [2.05, 4.69) is 23.2 Å². The highest BCUT2D eigenvalue weighted by Gasteiger charge is 2.06. The zero-order valence-corrected chi connectivity index (χ0v) is 17.1. The fraction of sp³-hybridized carbons (Fsp3) is 0.952. The summed E-state index contributed by atoms with van der Waals surface area (Å²) < 4.78 is 2.42. The van der Waals surface area contributed by atoms with Gasteiger partial charge in [-0.1, -0.05) is 96.8 Å². The Kier molecular flexibility index (Phi) is 18.9. The van der Waals surface area contributed by atoms with Gasteiger partial charge in [0.25, 0.3) is 0 Å². The van der Waals surface area contributed by atoms with E-state index in [0.717, 1.165) is 6.54 Å². The Morgan fingerprint density at radius 1 is 0.667 bits per heavy atom. The highest BCUT2D eigenvalue weighted by molar-refractivity contribution is 5.49. The molecule has 0 aromatic carbocycles. The van der Waals surface area contributed by atoms with Crippen molar-refractivity contribution >= 4 is 6.34 Å². The molecule has 0 aliphatic carbocycles. The Balaban J connectivity index is 0.00000529. The van der Waals surface area contributed by atoms with Gasteiger partial charge >= 0.3 is 0 Å². The van der Waals surface area contributed by atoms with Crippen LogP contribution < -0.4 is 17.7 Å². The van der Waals surface area contributed by atoms with E-state index in [1.165, 1.54) is 116 Å². The number of hydrogen-bond acceptors (Lipinski definition) is 1. The summed E-state index contributed by atoms with van der Waals surface area (Å²) in [5, 5.41) is 3.28. The lowest BCUT2D eigenvalue weighted by Crippen LogP contribution is -3.00. The standard InChI is InChI=1S/C21H42N2.ClH/c1-2-3-4-5-6-7-8-9-10-11-12-13-14-15-16-17-19-23-20-18-22-21-23;/h21H,2-20H2,1H3;1H. The molecule has 0 radical (unpaired) electrons. The molecule has 1 rings (SSSR count). The Labute approximate surface area is 158 Å². The molecule has 2 nitrogen and oxygen atoms in total. The fourth-order valence-corrected chi connectivity index (χ4v) is 3.51. The maximum absolute atomic E-state index is 3.28. The normalized spacial score (nSPS) is 13.5. The zero-order chi connectivity index (χ0) is 16.4. The van der Waals surface area contributed by atoms with Gasteiger partial charge in [0.1, 0.15) is 13.1 Å². The summed E-state index contributed by atoms with van der Waals surface area (Å²) in [7, 11) is 0. The van der Waals surface area contributed by atoms with Crippen LogP contribution in [0.4, 0.5) is 0 Å². The molecule has 0 aromatic rings. The number of halogens is 1. The Morgan fingerprint density at radius 2 is 1.08 bits per heavy atom. The monoisotopic (exact) mass is 358 g/mol. The summed E-state index contributed by atoms with van der Waals surface area (Å²) in [5.41, 5.74) is 0. The summed E-state index contributed by atoms with van der Waals surface area (Å²) in [6.07, 6.45) is 25.4. The second-order valence-corrected chi connectivity index (χ2v) is 7.42. The minimum atomic E-state index is 0. The number of unbranched alkanes of at least 4 members (excludes halogenated alkanes) is 15. The second kappa shape index (κ2) is 19.1. The first-order valence-electron chi connectivity index (χ1n) is 10.7. The van der Waals surface area contributed by atoms with Gasteiger partial charge in [-0.05, 0) is 12.8 Å². The molecule has 0 unspecified atom stereocenters. The summed E-state index contributed by atoms with van der Waals surface area (Å²) in [5.74, 6) is 0. The van der Waals surface area contributed by atoms with Crippen molar-refractivity contribution in [1.29, 1.82) is 0 Å². The number of nitrogens with one attached hydrogen (secondary N) is 1. The van der Waals surface area contributed by atoms with Crippen LogP contribution in [0.1, 0.15) is 110 Å². The molecule has 0 bridgehead atoms. The largest absolute Gasteiger partial charge is 1.00 e. The van der Waals surface area contributed by atoms with E-state index in [1.807, 2.05) is 0 Å². The van der Waals surface area contributed by atoms with Crippen molar-refractivity contribution < 1.29 is 17.0 Å². The lowest BCUT2D eigenvalue weighted by Gasteiger charge is -2.03. The number of rotatable bonds is 17. The summed E-state index contributed by atoms with van der Waals surface area (Å²) >= 11 is 0. The van der Waals surface area contributed by atoms with Crippen molar-refractivity contribution in [2.75, 3.05) is 19.6 Å². The lowest BCUT2D eigenvalue weighted by atomic mass is 10.0. The van der Waals surface area contributed by atoms with E-state index < -0.39 is 0 Å². The van der Waals surface area contributed by atoms with Crippen molar-refractivity contribution in [3.05, 3.63) is 0 Å². The van der Waals surface area contributed by atoms with E-state index in [4.69, 9.17) is 0 Å². The second-order valence-electron chi connectivity index (χ2n) is 7.42. The average Bonchev–Trinajstić information content (AvgIpc) is 3.08. The molecule has 144 valence electrons. The molecule has 3 heteroatoms. The third kappa shape index (κ3) is 15.3. The first kappa shape index (κ1) is 23.8. The molecular weight excluding hydrogens is 316 g/mol. The quantitative estimate of drug-likeness (QED) is 0.312. The number of hydrogen-bond donors (Lipinski definition) is 1. The lowest BCUT2D eigenvalue weighted by molar-refractivity contribution is -0.514.